The predicted octanol–water partition coefficient (Wildman–Crippen LogP) is 4.47. The Morgan fingerprint density at radius 1 is 1.27 bits per heavy atom. The minimum atomic E-state index is -0.961. The molecule has 0 spiro atoms. The summed E-state index contributed by atoms with van der Waals surface area (Å²) in [7, 11) is 1.63. The number of nitrogens with one attached hydrogen (secondary N) is 1. The highest BCUT2D eigenvalue weighted by Crippen LogP contribution is 2.39. The molecule has 4 N–H and O–H groups in total. The van der Waals surface area contributed by atoms with Gasteiger partial charge in [-0.2, -0.15) is 0 Å². The second kappa shape index (κ2) is 8.63. The molecule has 2 aromatic heterocycles. The van der Waals surface area contributed by atoms with Gasteiger partial charge in [0.1, 0.15) is 22.9 Å². The van der Waals surface area contributed by atoms with Crippen LogP contribution in [0, 0.1) is 0 Å². The van der Waals surface area contributed by atoms with E-state index < -0.39 is 6.09 Å². The molecule has 0 atom stereocenters. The van der Waals surface area contributed by atoms with Crippen molar-refractivity contribution in [1.29, 1.82) is 0 Å². The van der Waals surface area contributed by atoms with E-state index in [1.165, 1.54) is 0 Å². The molecule has 1 aliphatic rings. The Labute approximate surface area is 190 Å². The standard InChI is InChI=1S/C25H26N4O4/c1-32-22-11-15(14-29-8-6-17(7-9-29)28-25(30)31)10-18-19(13-27-24(26)23(18)22)21-12-16-4-2-3-5-20(16)33-21/h2-5,10-13,17,28H,6-9,14H2,1H3,(H2,26,27)(H,30,31). The number of ether oxygens (including phenoxy) is 1. The van der Waals surface area contributed by atoms with E-state index in [2.05, 4.69) is 21.3 Å². The summed E-state index contributed by atoms with van der Waals surface area (Å²) in [6.45, 7) is 2.37. The third-order valence-electron chi connectivity index (χ3n) is 6.27. The number of amides is 1. The van der Waals surface area contributed by atoms with Gasteiger partial charge in [0.05, 0.1) is 12.5 Å². The molecular formula is C25H26N4O4. The fourth-order valence-electron chi connectivity index (χ4n) is 4.65. The highest BCUT2D eigenvalue weighted by atomic mass is 16.5. The number of pyridine rings is 1. The number of carboxylic acid groups (broad SMARTS) is 1. The van der Waals surface area contributed by atoms with Crippen molar-refractivity contribution >= 4 is 33.7 Å². The summed E-state index contributed by atoms with van der Waals surface area (Å²) in [5, 5.41) is 14.3. The Balaban J connectivity index is 1.51. The van der Waals surface area contributed by atoms with E-state index in [9.17, 15) is 4.79 Å². The van der Waals surface area contributed by atoms with Gasteiger partial charge in [0.15, 0.2) is 0 Å². The van der Waals surface area contributed by atoms with Crippen LogP contribution < -0.4 is 15.8 Å². The molecule has 1 aliphatic heterocycles. The van der Waals surface area contributed by atoms with Crippen molar-refractivity contribution in [3.8, 4) is 17.1 Å². The summed E-state index contributed by atoms with van der Waals surface area (Å²) in [6.07, 6.45) is 2.37. The molecule has 2 aromatic carbocycles. The van der Waals surface area contributed by atoms with Gasteiger partial charge in [-0.1, -0.05) is 18.2 Å². The number of furan rings is 1. The number of likely N-dealkylation sites (tertiary alicyclic amines) is 1. The number of aromatic nitrogens is 1. The number of carbonyl (C=O) groups is 1. The molecule has 0 unspecified atom stereocenters. The van der Waals surface area contributed by atoms with Crippen LogP contribution in [0.2, 0.25) is 0 Å². The van der Waals surface area contributed by atoms with Crippen molar-refractivity contribution in [3.63, 3.8) is 0 Å². The maximum absolute atomic E-state index is 10.9. The van der Waals surface area contributed by atoms with E-state index in [1.54, 1.807) is 13.3 Å². The Kier molecular flexibility index (Phi) is 5.51. The van der Waals surface area contributed by atoms with Gasteiger partial charge in [0.2, 0.25) is 0 Å². The number of nitrogen functional groups attached to an aromatic ring is 1. The molecule has 0 radical (unpaired) electrons. The number of nitrogens with two attached hydrogens (primary N) is 1. The number of hydrogen-bond donors (Lipinski definition) is 3. The van der Waals surface area contributed by atoms with Crippen LogP contribution >= 0.6 is 0 Å². The fraction of sp³-hybridized carbons (Fsp3) is 0.280. The molecule has 1 saturated heterocycles. The second-order valence-corrected chi connectivity index (χ2v) is 8.43. The normalized spacial score (nSPS) is 15.2. The predicted molar refractivity (Wildman–Crippen MR) is 127 cm³/mol. The number of nitrogens with zero attached hydrogens (tertiary/aromatic N) is 2. The lowest BCUT2D eigenvalue weighted by Crippen LogP contribution is -2.43. The van der Waals surface area contributed by atoms with Crippen LogP contribution in [0.4, 0.5) is 10.6 Å². The average Bonchev–Trinajstić information content (AvgIpc) is 3.23. The summed E-state index contributed by atoms with van der Waals surface area (Å²) in [6, 6.07) is 14.1. The summed E-state index contributed by atoms with van der Waals surface area (Å²) >= 11 is 0. The smallest absolute Gasteiger partial charge is 0.404 e. The first kappa shape index (κ1) is 21.1. The Bertz CT molecular complexity index is 1290. The van der Waals surface area contributed by atoms with Crippen molar-refractivity contribution in [2.75, 3.05) is 25.9 Å². The Morgan fingerprint density at radius 3 is 2.79 bits per heavy atom. The monoisotopic (exact) mass is 446 g/mol. The molecule has 0 bridgehead atoms. The van der Waals surface area contributed by atoms with Crippen LogP contribution in [0.1, 0.15) is 18.4 Å². The van der Waals surface area contributed by atoms with E-state index >= 15 is 0 Å². The SMILES string of the molecule is COc1cc(CN2CCC(NC(=O)O)CC2)cc2c(-c3cc4ccccc4o3)cnc(N)c12. The third-order valence-corrected chi connectivity index (χ3v) is 6.27. The lowest BCUT2D eigenvalue weighted by molar-refractivity contribution is 0.165. The van der Waals surface area contributed by atoms with Gasteiger partial charge in [-0.15, -0.1) is 0 Å². The summed E-state index contributed by atoms with van der Waals surface area (Å²) in [5.41, 5.74) is 9.03. The van der Waals surface area contributed by atoms with Crippen molar-refractivity contribution in [1.82, 2.24) is 15.2 Å². The molecule has 0 aliphatic carbocycles. The zero-order valence-electron chi connectivity index (χ0n) is 18.4. The minimum absolute atomic E-state index is 0.00968. The van der Waals surface area contributed by atoms with Crippen LogP contribution in [-0.4, -0.2) is 47.3 Å². The number of hydrogen-bond acceptors (Lipinski definition) is 6. The van der Waals surface area contributed by atoms with Crippen LogP contribution in [0.5, 0.6) is 5.75 Å². The molecule has 33 heavy (non-hydrogen) atoms. The number of anilines is 1. The topological polar surface area (TPSA) is 114 Å². The molecule has 4 aromatic rings. The van der Waals surface area contributed by atoms with E-state index in [-0.39, 0.29) is 6.04 Å². The maximum Gasteiger partial charge on any atom is 0.404 e. The lowest BCUT2D eigenvalue weighted by Gasteiger charge is -2.32. The summed E-state index contributed by atoms with van der Waals surface area (Å²) in [5.74, 6) is 1.81. The van der Waals surface area contributed by atoms with Gasteiger partial charge in [-0.25, -0.2) is 9.78 Å². The Hall–Kier alpha value is -3.78. The minimum Gasteiger partial charge on any atom is -0.496 e. The molecule has 1 fully saturated rings. The van der Waals surface area contributed by atoms with E-state index in [1.807, 2.05) is 36.4 Å². The first-order chi connectivity index (χ1) is 16.0. The molecular weight excluding hydrogens is 420 g/mol. The molecule has 3 heterocycles. The molecule has 1 amide bonds. The van der Waals surface area contributed by atoms with Gasteiger partial charge in [0, 0.05) is 48.2 Å². The number of rotatable bonds is 5. The van der Waals surface area contributed by atoms with Crippen molar-refractivity contribution in [2.24, 2.45) is 0 Å². The van der Waals surface area contributed by atoms with Crippen LogP contribution in [0.15, 0.2) is 53.1 Å². The van der Waals surface area contributed by atoms with Crippen LogP contribution in [0.25, 0.3) is 33.1 Å². The van der Waals surface area contributed by atoms with Gasteiger partial charge in [0.25, 0.3) is 0 Å². The van der Waals surface area contributed by atoms with Crippen molar-refractivity contribution in [2.45, 2.75) is 25.4 Å². The third kappa shape index (κ3) is 4.17. The number of benzene rings is 2. The lowest BCUT2D eigenvalue weighted by atomic mass is 9.99. The largest absolute Gasteiger partial charge is 0.496 e. The maximum atomic E-state index is 10.9. The first-order valence-corrected chi connectivity index (χ1v) is 11.0. The van der Waals surface area contributed by atoms with Gasteiger partial charge in [-0.05, 0) is 42.7 Å². The second-order valence-electron chi connectivity index (χ2n) is 8.43. The molecule has 8 heteroatoms. The Morgan fingerprint density at radius 2 is 2.06 bits per heavy atom. The first-order valence-electron chi connectivity index (χ1n) is 11.0. The highest BCUT2D eigenvalue weighted by Gasteiger charge is 2.22. The van der Waals surface area contributed by atoms with E-state index in [4.69, 9.17) is 20.0 Å². The zero-order valence-corrected chi connectivity index (χ0v) is 18.4. The highest BCUT2D eigenvalue weighted by molar-refractivity contribution is 6.05. The molecule has 170 valence electrons. The van der Waals surface area contributed by atoms with Crippen molar-refractivity contribution in [3.05, 3.63) is 54.2 Å². The van der Waals surface area contributed by atoms with Crippen LogP contribution in [0.3, 0.4) is 0 Å². The number of para-hydroxylation sites is 1. The number of piperidine rings is 1. The average molecular weight is 447 g/mol. The van der Waals surface area contributed by atoms with Gasteiger partial charge >= 0.3 is 6.09 Å². The van der Waals surface area contributed by atoms with E-state index in [0.717, 1.165) is 71.1 Å². The zero-order chi connectivity index (χ0) is 22.9. The number of fused-ring (bicyclic) bond motifs is 2. The van der Waals surface area contributed by atoms with Gasteiger partial charge in [-0.3, -0.25) is 4.90 Å². The van der Waals surface area contributed by atoms with Crippen molar-refractivity contribution < 1.29 is 19.1 Å². The number of methoxy groups -OCH3 is 1. The summed E-state index contributed by atoms with van der Waals surface area (Å²) in [4.78, 5) is 17.6. The molecule has 5 rings (SSSR count). The van der Waals surface area contributed by atoms with E-state index in [0.29, 0.717) is 11.6 Å². The van der Waals surface area contributed by atoms with Crippen LogP contribution in [-0.2, 0) is 6.54 Å². The molecule has 8 nitrogen and oxygen atoms in total. The molecule has 0 saturated carbocycles. The fourth-order valence-corrected chi connectivity index (χ4v) is 4.65. The quantitative estimate of drug-likeness (QED) is 0.414. The van der Waals surface area contributed by atoms with Gasteiger partial charge < -0.3 is 25.3 Å². The summed E-state index contributed by atoms with van der Waals surface area (Å²) < 4.78 is 11.8.